The van der Waals surface area contributed by atoms with E-state index in [9.17, 15) is 0 Å². The second kappa shape index (κ2) is 4.37. The summed E-state index contributed by atoms with van der Waals surface area (Å²) in [5.41, 5.74) is 0. The van der Waals surface area contributed by atoms with Gasteiger partial charge in [0.1, 0.15) is 0 Å². The van der Waals surface area contributed by atoms with Crippen LogP contribution in [0, 0.1) is 0 Å². The summed E-state index contributed by atoms with van der Waals surface area (Å²) >= 11 is 0. The van der Waals surface area contributed by atoms with E-state index in [1.54, 1.807) is 0 Å². The van der Waals surface area contributed by atoms with E-state index >= 15 is 0 Å². The third kappa shape index (κ3) is 2.71. The van der Waals surface area contributed by atoms with Gasteiger partial charge in [-0.1, -0.05) is 19.3 Å². The second-order valence-electron chi connectivity index (χ2n) is 2.29. The van der Waals surface area contributed by atoms with E-state index < -0.39 is 0 Å². The maximum absolute atomic E-state index is 8.91. The van der Waals surface area contributed by atoms with Crippen LogP contribution in [0.5, 0.6) is 0 Å². The molecule has 0 amide bonds. The Morgan fingerprint density at radius 1 is 1.00 bits per heavy atom. The van der Waals surface area contributed by atoms with Crippen LogP contribution in [0.25, 0.3) is 0 Å². The van der Waals surface area contributed by atoms with Gasteiger partial charge < -0.3 is 5.11 Å². The zero-order valence-corrected chi connectivity index (χ0v) is 6.02. The molecule has 0 spiro atoms. The molecular weight excluding hydrogens is 144 g/mol. The molecule has 1 saturated carbocycles. The number of hydrogen-bond donors (Lipinski definition) is 1. The summed E-state index contributed by atoms with van der Waals surface area (Å²) in [7, 11) is 0. The molecule has 0 aliphatic heterocycles. The van der Waals surface area contributed by atoms with Crippen LogP contribution in [-0.4, -0.2) is 11.2 Å². The SMILES string of the molecule is OC1CCCCC1.[Fe]. The normalized spacial score (nSPS) is 22.1. The van der Waals surface area contributed by atoms with Gasteiger partial charge in [0.05, 0.1) is 6.10 Å². The number of aliphatic hydroxyl groups is 1. The Bertz CT molecular complexity index is 50.5. The van der Waals surface area contributed by atoms with Crippen molar-refractivity contribution in [1.29, 1.82) is 0 Å². The average Bonchev–Trinajstić information content (AvgIpc) is 1.69. The van der Waals surface area contributed by atoms with Crippen LogP contribution < -0.4 is 0 Å². The van der Waals surface area contributed by atoms with E-state index in [4.69, 9.17) is 5.11 Å². The number of rotatable bonds is 0. The summed E-state index contributed by atoms with van der Waals surface area (Å²) in [6, 6.07) is 0. The summed E-state index contributed by atoms with van der Waals surface area (Å²) < 4.78 is 0. The van der Waals surface area contributed by atoms with E-state index in [0.717, 1.165) is 12.8 Å². The Balaban J connectivity index is 0.000000490. The third-order valence-corrected chi connectivity index (χ3v) is 1.57. The van der Waals surface area contributed by atoms with Crippen LogP contribution in [0.2, 0.25) is 0 Å². The van der Waals surface area contributed by atoms with Crippen molar-refractivity contribution in [2.45, 2.75) is 38.2 Å². The van der Waals surface area contributed by atoms with Crippen LogP contribution >= 0.6 is 0 Å². The topological polar surface area (TPSA) is 20.2 Å². The maximum atomic E-state index is 8.91. The van der Waals surface area contributed by atoms with Crippen LogP contribution in [0.15, 0.2) is 0 Å². The smallest absolute Gasteiger partial charge is 0.0540 e. The van der Waals surface area contributed by atoms with Gasteiger partial charge in [-0.25, -0.2) is 0 Å². The molecule has 1 N–H and O–H groups in total. The van der Waals surface area contributed by atoms with Crippen molar-refractivity contribution in [3.8, 4) is 0 Å². The molecule has 0 aromatic rings. The molecule has 0 unspecified atom stereocenters. The van der Waals surface area contributed by atoms with E-state index in [0.29, 0.717) is 0 Å². The van der Waals surface area contributed by atoms with Gasteiger partial charge >= 0.3 is 0 Å². The molecule has 0 aromatic carbocycles. The van der Waals surface area contributed by atoms with Crippen LogP contribution in [0.3, 0.4) is 0 Å². The molecule has 0 heterocycles. The van der Waals surface area contributed by atoms with Crippen molar-refractivity contribution in [3.63, 3.8) is 0 Å². The Hall–Kier alpha value is 0.479. The van der Waals surface area contributed by atoms with E-state index in [1.807, 2.05) is 0 Å². The quantitative estimate of drug-likeness (QED) is 0.524. The number of aliphatic hydroxyl groups excluding tert-OH is 1. The fourth-order valence-electron chi connectivity index (χ4n) is 1.08. The van der Waals surface area contributed by atoms with Gasteiger partial charge in [-0.05, 0) is 12.8 Å². The van der Waals surface area contributed by atoms with Gasteiger partial charge in [0.15, 0.2) is 0 Å². The van der Waals surface area contributed by atoms with Gasteiger partial charge in [-0.15, -0.1) is 0 Å². The minimum atomic E-state index is 0. The van der Waals surface area contributed by atoms with Gasteiger partial charge in [0.2, 0.25) is 0 Å². The predicted molar refractivity (Wildman–Crippen MR) is 29.1 cm³/mol. The summed E-state index contributed by atoms with van der Waals surface area (Å²) in [4.78, 5) is 0. The molecule has 1 nitrogen and oxygen atoms in total. The molecule has 0 radical (unpaired) electrons. The fraction of sp³-hybridized carbons (Fsp3) is 1.00. The molecule has 0 aromatic heterocycles. The first kappa shape index (κ1) is 8.48. The molecule has 1 aliphatic rings. The van der Waals surface area contributed by atoms with Gasteiger partial charge in [0.25, 0.3) is 0 Å². The fourth-order valence-corrected chi connectivity index (χ4v) is 1.08. The summed E-state index contributed by atoms with van der Waals surface area (Å²) in [6.45, 7) is 0. The van der Waals surface area contributed by atoms with Crippen LogP contribution in [0.4, 0.5) is 0 Å². The van der Waals surface area contributed by atoms with Gasteiger partial charge in [0, 0.05) is 17.1 Å². The third-order valence-electron chi connectivity index (χ3n) is 1.57. The predicted octanol–water partition coefficient (Wildman–Crippen LogP) is 1.31. The molecule has 2 heteroatoms. The molecule has 0 atom stereocenters. The van der Waals surface area contributed by atoms with Crippen molar-refractivity contribution in [1.82, 2.24) is 0 Å². The maximum Gasteiger partial charge on any atom is 0.0540 e. The molecule has 0 saturated heterocycles. The largest absolute Gasteiger partial charge is 0.393 e. The van der Waals surface area contributed by atoms with Crippen molar-refractivity contribution < 1.29 is 22.2 Å². The Morgan fingerprint density at radius 3 is 1.75 bits per heavy atom. The monoisotopic (exact) mass is 156 g/mol. The molecule has 0 bridgehead atoms. The molecule has 1 aliphatic carbocycles. The van der Waals surface area contributed by atoms with Crippen molar-refractivity contribution in [2.75, 3.05) is 0 Å². The van der Waals surface area contributed by atoms with Gasteiger partial charge in [-0.2, -0.15) is 0 Å². The number of hydrogen-bond acceptors (Lipinski definition) is 1. The second-order valence-corrected chi connectivity index (χ2v) is 2.29. The molecular formula is C6H12FeO. The Labute approximate surface area is 60.9 Å². The Morgan fingerprint density at radius 2 is 1.50 bits per heavy atom. The zero-order chi connectivity index (χ0) is 5.11. The summed E-state index contributed by atoms with van der Waals surface area (Å²) in [6.07, 6.45) is 5.92. The molecule has 1 rings (SSSR count). The van der Waals surface area contributed by atoms with Crippen molar-refractivity contribution in [2.24, 2.45) is 0 Å². The first-order valence-corrected chi connectivity index (χ1v) is 3.07. The van der Waals surface area contributed by atoms with Gasteiger partial charge in [-0.3, -0.25) is 0 Å². The molecule has 50 valence electrons. The average molecular weight is 156 g/mol. The first-order valence-electron chi connectivity index (χ1n) is 3.07. The summed E-state index contributed by atoms with van der Waals surface area (Å²) in [5, 5.41) is 8.91. The van der Waals surface area contributed by atoms with Crippen LogP contribution in [-0.2, 0) is 17.1 Å². The van der Waals surface area contributed by atoms with E-state index in [1.165, 1.54) is 19.3 Å². The molecule has 1 fully saturated rings. The summed E-state index contributed by atoms with van der Waals surface area (Å²) in [5.74, 6) is 0. The van der Waals surface area contributed by atoms with Crippen molar-refractivity contribution in [3.05, 3.63) is 0 Å². The Kier molecular flexibility index (Phi) is 4.63. The van der Waals surface area contributed by atoms with E-state index in [2.05, 4.69) is 0 Å². The van der Waals surface area contributed by atoms with Crippen LogP contribution in [0.1, 0.15) is 32.1 Å². The van der Waals surface area contributed by atoms with E-state index in [-0.39, 0.29) is 23.2 Å². The zero-order valence-electron chi connectivity index (χ0n) is 4.91. The first-order chi connectivity index (χ1) is 3.39. The minimum Gasteiger partial charge on any atom is -0.393 e. The standard InChI is InChI=1S/C6H12O.Fe/c7-6-4-2-1-3-5-6;/h6-7H,1-5H2;. The minimum absolute atomic E-state index is 0. The molecule has 8 heavy (non-hydrogen) atoms. The van der Waals surface area contributed by atoms with Crippen molar-refractivity contribution >= 4 is 0 Å².